The van der Waals surface area contributed by atoms with Crippen LogP contribution in [-0.2, 0) is 14.8 Å². The minimum Gasteiger partial charge on any atom is -0.474 e. The molecule has 1 unspecified atom stereocenters. The first-order valence-corrected chi connectivity index (χ1v) is 16.1. The van der Waals surface area contributed by atoms with Gasteiger partial charge in [-0.2, -0.15) is 9.97 Å². The minimum atomic E-state index is -3.42. The number of morpholine rings is 1. The summed E-state index contributed by atoms with van der Waals surface area (Å²) in [6, 6.07) is 8.10. The van der Waals surface area contributed by atoms with Crippen LogP contribution in [0.3, 0.4) is 0 Å². The number of benzene rings is 1. The lowest BCUT2D eigenvalue weighted by Gasteiger charge is -2.36. The number of likely N-dealkylation sites (tertiary alicyclic amines) is 1. The first-order valence-electron chi connectivity index (χ1n) is 14.2. The number of sulfonamides is 1. The van der Waals surface area contributed by atoms with Crippen molar-refractivity contribution in [2.24, 2.45) is 0 Å². The molecule has 1 aliphatic carbocycles. The third-order valence-electron chi connectivity index (χ3n) is 8.15. The maximum atomic E-state index is 14.1. The molecule has 4 heterocycles. The van der Waals surface area contributed by atoms with Crippen LogP contribution < -0.4 is 14.4 Å². The minimum absolute atomic E-state index is 0.0991. The Morgan fingerprint density at radius 2 is 1.79 bits per heavy atom. The molecule has 1 aromatic carbocycles. The van der Waals surface area contributed by atoms with Crippen molar-refractivity contribution < 1.29 is 31.8 Å². The summed E-state index contributed by atoms with van der Waals surface area (Å²) in [4.78, 5) is 17.4. The monoisotopic (exact) mass is 607 g/mol. The van der Waals surface area contributed by atoms with Gasteiger partial charge >= 0.3 is 0 Å². The fourth-order valence-corrected chi connectivity index (χ4v) is 6.96. The second-order valence-electron chi connectivity index (χ2n) is 11.0. The number of imidazole rings is 1. The molecule has 2 atom stereocenters. The number of fused-ring (bicyclic) bond motifs is 1. The zero-order valence-electron chi connectivity index (χ0n) is 23.3. The van der Waals surface area contributed by atoms with Crippen LogP contribution in [0, 0.1) is 0 Å². The van der Waals surface area contributed by atoms with Crippen LogP contribution in [0.2, 0.25) is 0 Å². The van der Waals surface area contributed by atoms with E-state index in [1.54, 1.807) is 30.3 Å². The van der Waals surface area contributed by atoms with E-state index < -0.39 is 34.5 Å². The van der Waals surface area contributed by atoms with Gasteiger partial charge in [0.15, 0.2) is 5.82 Å². The van der Waals surface area contributed by atoms with Gasteiger partial charge in [-0.15, -0.1) is 0 Å². The van der Waals surface area contributed by atoms with Crippen molar-refractivity contribution in [2.75, 3.05) is 44.0 Å². The molecular weight excluding hydrogens is 572 g/mol. The average molecular weight is 608 g/mol. The molecule has 2 aromatic heterocycles. The number of anilines is 1. The lowest BCUT2D eigenvalue weighted by molar-refractivity contribution is -0.0221. The third-order valence-corrected chi connectivity index (χ3v) is 8.88. The summed E-state index contributed by atoms with van der Waals surface area (Å²) in [6.07, 6.45) is 0.678. The summed E-state index contributed by atoms with van der Waals surface area (Å²) < 4.78 is 67.3. The number of nitrogens with zero attached hydrogens (tertiary/aromatic N) is 6. The van der Waals surface area contributed by atoms with Crippen molar-refractivity contribution in [2.45, 2.75) is 62.9 Å². The van der Waals surface area contributed by atoms with Crippen molar-refractivity contribution in [1.82, 2.24) is 29.1 Å². The molecule has 0 amide bonds. The highest BCUT2D eigenvalue weighted by Crippen LogP contribution is 2.33. The number of aromatic nitrogens is 4. The molecule has 3 fully saturated rings. The summed E-state index contributed by atoms with van der Waals surface area (Å²) in [5.74, 6) is 0.523. The van der Waals surface area contributed by atoms with Crippen LogP contribution in [0.15, 0.2) is 30.3 Å². The Balaban J connectivity index is 1.22. The molecule has 15 heteroatoms. The maximum Gasteiger partial charge on any atom is 0.296 e. The van der Waals surface area contributed by atoms with Crippen LogP contribution in [-0.4, -0.2) is 101 Å². The number of alkyl halides is 2. The number of hydrogen-bond acceptors (Lipinski definition) is 10. The molecule has 2 saturated heterocycles. The van der Waals surface area contributed by atoms with Gasteiger partial charge in [0.25, 0.3) is 6.43 Å². The number of aliphatic hydroxyl groups is 1. The molecule has 2 aliphatic heterocycles. The van der Waals surface area contributed by atoms with E-state index in [0.717, 1.165) is 19.1 Å². The summed E-state index contributed by atoms with van der Waals surface area (Å²) in [5, 5.41) is 10.8. The lowest BCUT2D eigenvalue weighted by Crippen LogP contribution is -2.49. The molecule has 3 aromatic rings. The Hall–Kier alpha value is -2.98. The molecule has 2 N–H and O–H groups in total. The first-order chi connectivity index (χ1) is 20.2. The average Bonchev–Trinajstić information content (AvgIpc) is 3.54. The highest BCUT2D eigenvalue weighted by atomic mass is 32.2. The Kier molecular flexibility index (Phi) is 8.29. The van der Waals surface area contributed by atoms with Gasteiger partial charge < -0.3 is 19.5 Å². The van der Waals surface area contributed by atoms with E-state index in [-0.39, 0.29) is 18.0 Å². The van der Waals surface area contributed by atoms with E-state index in [2.05, 4.69) is 19.7 Å². The zero-order valence-corrected chi connectivity index (χ0v) is 24.1. The SMILES string of the molecule is CS(=O)(=O)N[C@H]1CCN(C2CCC(Oc3cc(-n4c(C(F)F)nc5ccccc54)nc(N4CCOCC4)n3)CC2)C1O. The van der Waals surface area contributed by atoms with Crippen molar-refractivity contribution >= 4 is 27.0 Å². The molecule has 42 heavy (non-hydrogen) atoms. The summed E-state index contributed by atoms with van der Waals surface area (Å²) >= 11 is 0. The number of para-hydroxylation sites is 2. The maximum absolute atomic E-state index is 14.1. The molecule has 0 spiro atoms. The lowest BCUT2D eigenvalue weighted by atomic mass is 9.92. The van der Waals surface area contributed by atoms with E-state index in [4.69, 9.17) is 9.47 Å². The normalized spacial score (nSPS) is 25.9. The van der Waals surface area contributed by atoms with E-state index in [0.29, 0.717) is 75.0 Å². The fourth-order valence-electron chi connectivity index (χ4n) is 6.17. The van der Waals surface area contributed by atoms with Gasteiger partial charge in [0, 0.05) is 31.7 Å². The van der Waals surface area contributed by atoms with Crippen molar-refractivity contribution in [1.29, 1.82) is 0 Å². The largest absolute Gasteiger partial charge is 0.474 e. The molecule has 0 bridgehead atoms. The van der Waals surface area contributed by atoms with E-state index in [9.17, 15) is 22.3 Å². The zero-order chi connectivity index (χ0) is 29.4. The Morgan fingerprint density at radius 3 is 2.50 bits per heavy atom. The van der Waals surface area contributed by atoms with Crippen molar-refractivity contribution in [3.8, 4) is 11.7 Å². The van der Waals surface area contributed by atoms with Crippen molar-refractivity contribution in [3.63, 3.8) is 0 Å². The standard InChI is InChI=1S/C27H35F2N7O5S/c1-42(38,39)33-20-10-11-35(26(20)37)17-6-8-18(9-7-17)41-23-16-22(31-27(32-23)34-12-14-40-15-13-34)36-21-5-3-2-4-19(21)30-25(36)24(28)29/h2-5,16-18,20,24,26,33,37H,6-15H2,1H3/t17?,18?,20-,26?/m0/s1. The quantitative estimate of drug-likeness (QED) is 0.393. The van der Waals surface area contributed by atoms with Gasteiger partial charge in [-0.3, -0.25) is 9.47 Å². The Morgan fingerprint density at radius 1 is 1.05 bits per heavy atom. The summed E-state index contributed by atoms with van der Waals surface area (Å²) in [6.45, 7) is 2.75. The van der Waals surface area contributed by atoms with Crippen molar-refractivity contribution in [3.05, 3.63) is 36.2 Å². The highest BCUT2D eigenvalue weighted by molar-refractivity contribution is 7.88. The van der Waals surface area contributed by atoms with Gasteiger partial charge in [0.2, 0.25) is 21.9 Å². The van der Waals surface area contributed by atoms with Gasteiger partial charge in [0.1, 0.15) is 18.1 Å². The highest BCUT2D eigenvalue weighted by Gasteiger charge is 2.39. The number of halogens is 2. The van der Waals surface area contributed by atoms with Gasteiger partial charge in [0.05, 0.1) is 36.5 Å². The molecule has 12 nitrogen and oxygen atoms in total. The smallest absolute Gasteiger partial charge is 0.296 e. The number of rotatable bonds is 8. The van der Waals surface area contributed by atoms with Gasteiger partial charge in [-0.25, -0.2) is 26.9 Å². The van der Waals surface area contributed by atoms with E-state index >= 15 is 0 Å². The first kappa shape index (κ1) is 29.1. The molecule has 3 aliphatic rings. The van der Waals surface area contributed by atoms with Gasteiger partial charge in [-0.05, 0) is 44.2 Å². The Labute approximate surface area is 242 Å². The molecular formula is C27H35F2N7O5S. The van der Waals surface area contributed by atoms with E-state index in [1.165, 1.54) is 4.57 Å². The number of nitrogens with one attached hydrogen (secondary N) is 1. The van der Waals surface area contributed by atoms with Crippen LogP contribution in [0.4, 0.5) is 14.7 Å². The molecule has 0 radical (unpaired) electrons. The van der Waals surface area contributed by atoms with Crippen LogP contribution in [0.1, 0.15) is 44.4 Å². The third kappa shape index (κ3) is 6.20. The van der Waals surface area contributed by atoms with E-state index in [1.807, 2.05) is 9.80 Å². The summed E-state index contributed by atoms with van der Waals surface area (Å²) in [5.41, 5.74) is 0.955. The fraction of sp³-hybridized carbons (Fsp3) is 0.593. The van der Waals surface area contributed by atoms with Crippen LogP contribution in [0.5, 0.6) is 5.88 Å². The number of aliphatic hydroxyl groups excluding tert-OH is 1. The summed E-state index contributed by atoms with van der Waals surface area (Å²) in [7, 11) is -3.42. The topological polar surface area (TPSA) is 135 Å². The second-order valence-corrected chi connectivity index (χ2v) is 12.8. The molecule has 1 saturated carbocycles. The van der Waals surface area contributed by atoms with Crippen LogP contribution >= 0.6 is 0 Å². The molecule has 228 valence electrons. The number of hydrogen-bond donors (Lipinski definition) is 2. The second kappa shape index (κ2) is 12.0. The van der Waals surface area contributed by atoms with Crippen LogP contribution in [0.25, 0.3) is 16.9 Å². The Bertz CT molecular complexity index is 1510. The number of ether oxygens (including phenoxy) is 2. The molecule has 6 rings (SSSR count). The predicted molar refractivity (Wildman–Crippen MR) is 150 cm³/mol. The predicted octanol–water partition coefficient (Wildman–Crippen LogP) is 2.22. The van der Waals surface area contributed by atoms with Gasteiger partial charge in [-0.1, -0.05) is 12.1 Å².